The third-order valence-electron chi connectivity index (χ3n) is 3.53. The smallest absolute Gasteiger partial charge is 0.147 e. The first-order chi connectivity index (χ1) is 7.40. The van der Waals surface area contributed by atoms with Gasteiger partial charge in [-0.3, -0.25) is 4.79 Å². The summed E-state index contributed by atoms with van der Waals surface area (Å²) in [6, 6.07) is 0. The molecule has 0 aromatic rings. The van der Waals surface area contributed by atoms with Crippen molar-refractivity contribution in [3.63, 3.8) is 0 Å². The first-order valence-electron chi connectivity index (χ1n) is 5.81. The predicted molar refractivity (Wildman–Crippen MR) is 64.2 cm³/mol. The largest absolute Gasteiger partial charge is 0.317 e. The average molecular weight is 247 g/mol. The molecule has 1 fully saturated rings. The van der Waals surface area contributed by atoms with Gasteiger partial charge in [0.05, 0.1) is 5.75 Å². The summed E-state index contributed by atoms with van der Waals surface area (Å²) in [7, 11) is -3.03. The minimum absolute atomic E-state index is 0.0129. The lowest BCUT2D eigenvalue weighted by Crippen LogP contribution is -2.42. The first-order valence-corrected chi connectivity index (χ1v) is 7.87. The number of Topliss-reactive ketones (excluding diaryl/α,β-unsaturated/α-hetero) is 1. The summed E-state index contributed by atoms with van der Waals surface area (Å²) in [5.74, 6) is 0.114. The second-order valence-corrected chi connectivity index (χ2v) is 6.95. The van der Waals surface area contributed by atoms with Crippen molar-refractivity contribution in [2.24, 2.45) is 5.41 Å². The van der Waals surface area contributed by atoms with Gasteiger partial charge in [-0.2, -0.15) is 0 Å². The summed E-state index contributed by atoms with van der Waals surface area (Å²) in [6.07, 6.45) is 3.85. The van der Waals surface area contributed by atoms with Gasteiger partial charge in [-0.15, -0.1) is 0 Å². The molecule has 94 valence electrons. The van der Waals surface area contributed by atoms with Gasteiger partial charge < -0.3 is 5.32 Å². The zero-order valence-corrected chi connectivity index (χ0v) is 10.9. The van der Waals surface area contributed by atoms with E-state index in [-0.39, 0.29) is 23.4 Å². The van der Waals surface area contributed by atoms with Crippen LogP contribution in [-0.4, -0.2) is 39.3 Å². The van der Waals surface area contributed by atoms with Crippen LogP contribution in [-0.2, 0) is 14.6 Å². The van der Waals surface area contributed by atoms with Crippen LogP contribution in [0.1, 0.15) is 32.6 Å². The fraction of sp³-hybridized carbons (Fsp3) is 0.909. The number of carbonyl (C=O) groups is 1. The van der Waals surface area contributed by atoms with Crippen molar-refractivity contribution in [1.82, 2.24) is 5.32 Å². The number of hydrogen-bond donors (Lipinski definition) is 1. The molecule has 1 aliphatic heterocycles. The maximum Gasteiger partial charge on any atom is 0.147 e. The number of sulfone groups is 1. The maximum atomic E-state index is 12.1. The number of carbonyl (C=O) groups excluding carboxylic acids is 1. The van der Waals surface area contributed by atoms with Crippen molar-refractivity contribution >= 4 is 15.6 Å². The molecule has 0 radical (unpaired) electrons. The zero-order valence-electron chi connectivity index (χ0n) is 10.1. The molecule has 0 unspecified atom stereocenters. The normalized spacial score (nSPS) is 20.6. The van der Waals surface area contributed by atoms with Crippen LogP contribution < -0.4 is 5.32 Å². The third-order valence-corrected chi connectivity index (χ3v) is 4.47. The van der Waals surface area contributed by atoms with Crippen molar-refractivity contribution in [3.05, 3.63) is 0 Å². The van der Waals surface area contributed by atoms with Gasteiger partial charge in [0.15, 0.2) is 0 Å². The molecule has 0 aliphatic carbocycles. The van der Waals surface area contributed by atoms with E-state index in [1.165, 1.54) is 6.26 Å². The Hall–Kier alpha value is -0.420. The standard InChI is InChI=1S/C11H21NO3S/c1-3-11(5-7-12-8-6-11)10(13)4-9-16(2,14)15/h12H,3-9H2,1-2H3. The van der Waals surface area contributed by atoms with Crippen LogP contribution >= 0.6 is 0 Å². The molecule has 0 amide bonds. The molecule has 0 bridgehead atoms. The summed E-state index contributed by atoms with van der Waals surface area (Å²) < 4.78 is 22.1. The fourth-order valence-corrected chi connectivity index (χ4v) is 2.83. The number of nitrogens with one attached hydrogen (secondary N) is 1. The summed E-state index contributed by atoms with van der Waals surface area (Å²) in [4.78, 5) is 12.1. The lowest BCUT2D eigenvalue weighted by Gasteiger charge is -2.35. The number of rotatable bonds is 5. The van der Waals surface area contributed by atoms with Gasteiger partial charge in [0.1, 0.15) is 15.6 Å². The Balaban J connectivity index is 2.62. The van der Waals surface area contributed by atoms with Gasteiger partial charge in [0.25, 0.3) is 0 Å². The van der Waals surface area contributed by atoms with Crippen LogP contribution in [0.25, 0.3) is 0 Å². The SMILES string of the molecule is CCC1(C(=O)CCS(C)(=O)=O)CCNCC1. The van der Waals surface area contributed by atoms with E-state index >= 15 is 0 Å². The van der Waals surface area contributed by atoms with Gasteiger partial charge in [0, 0.05) is 18.1 Å². The Morgan fingerprint density at radius 3 is 2.31 bits per heavy atom. The molecule has 1 rings (SSSR count). The second kappa shape index (κ2) is 5.27. The Bertz CT molecular complexity index is 342. The molecule has 1 N–H and O–H groups in total. The fourth-order valence-electron chi connectivity index (χ4n) is 2.28. The van der Waals surface area contributed by atoms with Crippen LogP contribution in [0.15, 0.2) is 0 Å². The molecule has 0 spiro atoms. The number of piperidine rings is 1. The number of hydrogen-bond acceptors (Lipinski definition) is 4. The molecule has 1 heterocycles. The average Bonchev–Trinajstić information content (AvgIpc) is 2.25. The van der Waals surface area contributed by atoms with Crippen molar-refractivity contribution < 1.29 is 13.2 Å². The highest BCUT2D eigenvalue weighted by Gasteiger charge is 2.37. The lowest BCUT2D eigenvalue weighted by atomic mass is 9.72. The zero-order chi connectivity index (χ0) is 12.2. The van der Waals surface area contributed by atoms with Gasteiger partial charge >= 0.3 is 0 Å². The minimum Gasteiger partial charge on any atom is -0.317 e. The van der Waals surface area contributed by atoms with E-state index in [1.54, 1.807) is 0 Å². The molecular formula is C11H21NO3S. The minimum atomic E-state index is -3.03. The van der Waals surface area contributed by atoms with E-state index in [1.807, 2.05) is 6.92 Å². The van der Waals surface area contributed by atoms with Gasteiger partial charge in [-0.25, -0.2) is 8.42 Å². The lowest BCUT2D eigenvalue weighted by molar-refractivity contribution is -0.130. The molecule has 0 aromatic carbocycles. The van der Waals surface area contributed by atoms with E-state index in [0.29, 0.717) is 0 Å². The van der Waals surface area contributed by atoms with E-state index < -0.39 is 9.84 Å². The van der Waals surface area contributed by atoms with Gasteiger partial charge in [-0.05, 0) is 32.4 Å². The van der Waals surface area contributed by atoms with Crippen LogP contribution in [0.5, 0.6) is 0 Å². The summed E-state index contributed by atoms with van der Waals surface area (Å²) in [5.41, 5.74) is -0.268. The highest BCUT2D eigenvalue weighted by atomic mass is 32.2. The molecule has 0 atom stereocenters. The first kappa shape index (κ1) is 13.6. The van der Waals surface area contributed by atoms with Crippen LogP contribution in [0.4, 0.5) is 0 Å². The second-order valence-electron chi connectivity index (χ2n) is 4.69. The summed E-state index contributed by atoms with van der Waals surface area (Å²) in [5, 5.41) is 3.23. The van der Waals surface area contributed by atoms with Gasteiger partial charge in [0.2, 0.25) is 0 Å². The Kier molecular flexibility index (Phi) is 4.50. The van der Waals surface area contributed by atoms with Crippen LogP contribution in [0.2, 0.25) is 0 Å². The quantitative estimate of drug-likeness (QED) is 0.779. The Labute approximate surface area is 97.7 Å². The predicted octanol–water partition coefficient (Wildman–Crippen LogP) is 0.770. The summed E-state index contributed by atoms with van der Waals surface area (Å²) >= 11 is 0. The Morgan fingerprint density at radius 2 is 1.88 bits per heavy atom. The van der Waals surface area contributed by atoms with Crippen molar-refractivity contribution in [2.75, 3.05) is 25.1 Å². The molecule has 4 nitrogen and oxygen atoms in total. The third kappa shape index (κ3) is 3.56. The van der Waals surface area contributed by atoms with Gasteiger partial charge in [-0.1, -0.05) is 6.92 Å². The summed E-state index contributed by atoms with van der Waals surface area (Å²) in [6.45, 7) is 3.74. The molecule has 5 heteroatoms. The van der Waals surface area contributed by atoms with E-state index in [2.05, 4.69) is 5.32 Å². The van der Waals surface area contributed by atoms with Crippen molar-refractivity contribution in [3.8, 4) is 0 Å². The van der Waals surface area contributed by atoms with Crippen LogP contribution in [0.3, 0.4) is 0 Å². The monoisotopic (exact) mass is 247 g/mol. The Morgan fingerprint density at radius 1 is 1.31 bits per heavy atom. The van der Waals surface area contributed by atoms with E-state index in [4.69, 9.17) is 0 Å². The molecular weight excluding hydrogens is 226 g/mol. The topological polar surface area (TPSA) is 63.2 Å². The molecule has 0 saturated carbocycles. The molecule has 1 saturated heterocycles. The van der Waals surface area contributed by atoms with Crippen molar-refractivity contribution in [2.45, 2.75) is 32.6 Å². The van der Waals surface area contributed by atoms with E-state index in [9.17, 15) is 13.2 Å². The highest BCUT2D eigenvalue weighted by Crippen LogP contribution is 2.34. The van der Waals surface area contributed by atoms with E-state index in [0.717, 1.165) is 32.4 Å². The van der Waals surface area contributed by atoms with Crippen LogP contribution in [0, 0.1) is 5.41 Å². The highest BCUT2D eigenvalue weighted by molar-refractivity contribution is 7.90. The number of ketones is 1. The molecule has 16 heavy (non-hydrogen) atoms. The molecule has 0 aromatic heterocycles. The molecule has 1 aliphatic rings. The maximum absolute atomic E-state index is 12.1. The van der Waals surface area contributed by atoms with Crippen molar-refractivity contribution in [1.29, 1.82) is 0 Å².